The van der Waals surface area contributed by atoms with Crippen molar-refractivity contribution < 1.29 is 18.0 Å². The summed E-state index contributed by atoms with van der Waals surface area (Å²) in [5.41, 5.74) is 3.33. The number of hydrogen-bond acceptors (Lipinski definition) is 5. The molecule has 9 heteroatoms. The molecule has 2 fully saturated rings. The lowest BCUT2D eigenvalue weighted by atomic mass is 10.1. The van der Waals surface area contributed by atoms with Crippen molar-refractivity contribution in [3.63, 3.8) is 0 Å². The molecule has 2 amide bonds. The highest BCUT2D eigenvalue weighted by atomic mass is 32.2. The summed E-state index contributed by atoms with van der Waals surface area (Å²) in [6.07, 6.45) is 5.02. The highest BCUT2D eigenvalue weighted by Crippen LogP contribution is 2.27. The van der Waals surface area contributed by atoms with Gasteiger partial charge < -0.3 is 10.6 Å². The van der Waals surface area contributed by atoms with E-state index in [2.05, 4.69) is 10.6 Å². The second-order valence-electron chi connectivity index (χ2n) is 9.31. The van der Waals surface area contributed by atoms with Crippen LogP contribution in [0.3, 0.4) is 0 Å². The standard InChI is InChI=1S/C25H30N4O4S/c30-24(27-23-7-2-1-6-22(23)25(31)26-20-9-10-20)17-28-12-14-29(15-13-28)34(32,33)21-11-8-18-4-3-5-19(18)16-21/h1-2,6-8,11,16,20H,3-5,9-10,12-15,17H2,(H,26,31)(H,27,30). The fourth-order valence-corrected chi connectivity index (χ4v) is 6.13. The van der Waals surface area contributed by atoms with E-state index < -0.39 is 10.0 Å². The molecule has 0 radical (unpaired) electrons. The summed E-state index contributed by atoms with van der Waals surface area (Å²) in [7, 11) is -3.54. The molecule has 34 heavy (non-hydrogen) atoms. The number of amides is 2. The highest BCUT2D eigenvalue weighted by Gasteiger charge is 2.30. The minimum absolute atomic E-state index is 0.144. The summed E-state index contributed by atoms with van der Waals surface area (Å²) >= 11 is 0. The third-order valence-electron chi connectivity index (χ3n) is 6.76. The Bertz CT molecular complexity index is 1200. The van der Waals surface area contributed by atoms with Crippen molar-refractivity contribution in [1.82, 2.24) is 14.5 Å². The summed E-state index contributed by atoms with van der Waals surface area (Å²) in [5.74, 6) is -0.398. The van der Waals surface area contributed by atoms with Gasteiger partial charge in [-0.1, -0.05) is 18.2 Å². The normalized spacial score (nSPS) is 18.9. The maximum atomic E-state index is 13.1. The van der Waals surface area contributed by atoms with Crippen LogP contribution in [0.4, 0.5) is 5.69 Å². The molecule has 1 saturated carbocycles. The summed E-state index contributed by atoms with van der Waals surface area (Å²) in [4.78, 5) is 27.4. The Morgan fingerprint density at radius 2 is 1.68 bits per heavy atom. The lowest BCUT2D eigenvalue weighted by Crippen LogP contribution is -2.50. The van der Waals surface area contributed by atoms with Gasteiger partial charge in [0.05, 0.1) is 22.7 Å². The van der Waals surface area contributed by atoms with E-state index in [1.807, 2.05) is 17.0 Å². The van der Waals surface area contributed by atoms with E-state index in [0.717, 1.165) is 37.7 Å². The number of sulfonamides is 1. The summed E-state index contributed by atoms with van der Waals surface area (Å²) in [6.45, 7) is 1.77. The van der Waals surface area contributed by atoms with Crippen molar-refractivity contribution in [2.24, 2.45) is 0 Å². The fourth-order valence-electron chi connectivity index (χ4n) is 4.66. The Morgan fingerprint density at radius 1 is 0.941 bits per heavy atom. The Labute approximate surface area is 200 Å². The average molecular weight is 483 g/mol. The summed E-state index contributed by atoms with van der Waals surface area (Å²) in [5, 5.41) is 5.80. The van der Waals surface area contributed by atoms with Crippen LogP contribution < -0.4 is 10.6 Å². The zero-order chi connectivity index (χ0) is 23.7. The van der Waals surface area contributed by atoms with E-state index >= 15 is 0 Å². The molecule has 1 aliphatic heterocycles. The Hall–Kier alpha value is -2.75. The molecule has 2 N–H and O–H groups in total. The third-order valence-corrected chi connectivity index (χ3v) is 8.66. The van der Waals surface area contributed by atoms with Gasteiger partial charge in [0.25, 0.3) is 5.91 Å². The Morgan fingerprint density at radius 3 is 2.44 bits per heavy atom. The number of hydrogen-bond donors (Lipinski definition) is 2. The largest absolute Gasteiger partial charge is 0.349 e. The van der Waals surface area contributed by atoms with Crippen LogP contribution in [0.15, 0.2) is 47.4 Å². The quantitative estimate of drug-likeness (QED) is 0.629. The molecule has 0 unspecified atom stereocenters. The van der Waals surface area contributed by atoms with E-state index in [4.69, 9.17) is 0 Å². The van der Waals surface area contributed by atoms with Gasteiger partial charge in [-0.15, -0.1) is 0 Å². The second-order valence-corrected chi connectivity index (χ2v) is 11.2. The van der Waals surface area contributed by atoms with Crippen LogP contribution in [0.1, 0.15) is 40.7 Å². The van der Waals surface area contributed by atoms with E-state index in [-0.39, 0.29) is 24.4 Å². The van der Waals surface area contributed by atoms with Crippen LogP contribution >= 0.6 is 0 Å². The number of anilines is 1. The SMILES string of the molecule is O=C(CN1CCN(S(=O)(=O)c2ccc3c(c2)CCC3)CC1)Nc1ccccc1C(=O)NC1CC1. The number of carbonyl (C=O) groups excluding carboxylic acids is 2. The van der Waals surface area contributed by atoms with Gasteiger partial charge in [-0.25, -0.2) is 8.42 Å². The molecule has 3 aliphatic rings. The number of nitrogens with one attached hydrogen (secondary N) is 2. The fraction of sp³-hybridized carbons (Fsp3) is 0.440. The maximum absolute atomic E-state index is 13.1. The zero-order valence-electron chi connectivity index (χ0n) is 19.1. The molecule has 0 atom stereocenters. The van der Waals surface area contributed by atoms with Crippen LogP contribution in [-0.2, 0) is 27.7 Å². The van der Waals surface area contributed by atoms with E-state index in [1.54, 1.807) is 30.3 Å². The van der Waals surface area contributed by atoms with Crippen LogP contribution in [0.5, 0.6) is 0 Å². The van der Waals surface area contributed by atoms with E-state index in [1.165, 1.54) is 9.87 Å². The highest BCUT2D eigenvalue weighted by molar-refractivity contribution is 7.89. The lowest BCUT2D eigenvalue weighted by Gasteiger charge is -2.33. The van der Waals surface area contributed by atoms with Crippen LogP contribution in [-0.4, -0.2) is 68.2 Å². The predicted octanol–water partition coefficient (Wildman–Crippen LogP) is 2.01. The molecule has 5 rings (SSSR count). The first kappa shape index (κ1) is 23.0. The topological polar surface area (TPSA) is 98.8 Å². The van der Waals surface area contributed by atoms with E-state index in [9.17, 15) is 18.0 Å². The van der Waals surface area contributed by atoms with Gasteiger partial charge >= 0.3 is 0 Å². The molecule has 0 bridgehead atoms. The third kappa shape index (κ3) is 5.01. The average Bonchev–Trinajstić information content (AvgIpc) is 3.51. The van der Waals surface area contributed by atoms with E-state index in [0.29, 0.717) is 42.3 Å². The number of nitrogens with zero attached hydrogens (tertiary/aromatic N) is 2. The number of para-hydroxylation sites is 1. The molecule has 2 aromatic carbocycles. The van der Waals surface area contributed by atoms with Crippen molar-refractivity contribution in [3.8, 4) is 0 Å². The molecule has 8 nitrogen and oxygen atoms in total. The number of aryl methyl sites for hydroxylation is 2. The smallest absolute Gasteiger partial charge is 0.253 e. The molecule has 1 heterocycles. The van der Waals surface area contributed by atoms with Crippen LogP contribution in [0, 0.1) is 0 Å². The van der Waals surface area contributed by atoms with Gasteiger partial charge in [0.2, 0.25) is 15.9 Å². The number of piperazine rings is 1. The molecular formula is C25H30N4O4S. The lowest BCUT2D eigenvalue weighted by molar-refractivity contribution is -0.117. The summed E-state index contributed by atoms with van der Waals surface area (Å²) in [6, 6.07) is 12.7. The van der Waals surface area contributed by atoms with Gasteiger partial charge in [0.1, 0.15) is 0 Å². The first-order valence-corrected chi connectivity index (χ1v) is 13.4. The Balaban J connectivity index is 1.16. The van der Waals surface area contributed by atoms with Crippen molar-refractivity contribution >= 4 is 27.5 Å². The number of carbonyl (C=O) groups is 2. The van der Waals surface area contributed by atoms with Gasteiger partial charge in [0.15, 0.2) is 0 Å². The summed E-state index contributed by atoms with van der Waals surface area (Å²) < 4.78 is 27.8. The van der Waals surface area contributed by atoms with Gasteiger partial charge in [-0.05, 0) is 67.5 Å². The first-order valence-electron chi connectivity index (χ1n) is 11.9. The predicted molar refractivity (Wildman–Crippen MR) is 129 cm³/mol. The molecule has 180 valence electrons. The minimum Gasteiger partial charge on any atom is -0.349 e. The van der Waals surface area contributed by atoms with Crippen molar-refractivity contribution in [2.75, 3.05) is 38.0 Å². The van der Waals surface area contributed by atoms with Crippen molar-refractivity contribution in [2.45, 2.75) is 43.0 Å². The van der Waals surface area contributed by atoms with Crippen LogP contribution in [0.2, 0.25) is 0 Å². The molecule has 0 aromatic heterocycles. The Kier molecular flexibility index (Phi) is 6.42. The molecule has 1 saturated heterocycles. The van der Waals surface area contributed by atoms with Gasteiger partial charge in [-0.3, -0.25) is 14.5 Å². The second kappa shape index (κ2) is 9.48. The maximum Gasteiger partial charge on any atom is 0.253 e. The minimum atomic E-state index is -3.54. The first-order chi connectivity index (χ1) is 16.4. The van der Waals surface area contributed by atoms with Gasteiger partial charge in [0, 0.05) is 32.2 Å². The monoisotopic (exact) mass is 482 g/mol. The molecular weight excluding hydrogens is 452 g/mol. The van der Waals surface area contributed by atoms with Gasteiger partial charge in [-0.2, -0.15) is 4.31 Å². The van der Waals surface area contributed by atoms with Crippen molar-refractivity contribution in [1.29, 1.82) is 0 Å². The zero-order valence-corrected chi connectivity index (χ0v) is 19.9. The van der Waals surface area contributed by atoms with Crippen molar-refractivity contribution in [3.05, 3.63) is 59.2 Å². The molecule has 2 aromatic rings. The number of benzene rings is 2. The molecule has 2 aliphatic carbocycles. The molecule has 0 spiro atoms. The number of rotatable bonds is 7. The number of fused-ring (bicyclic) bond motifs is 1. The van der Waals surface area contributed by atoms with Crippen LogP contribution in [0.25, 0.3) is 0 Å².